The molecule has 0 aromatic heterocycles. The Hall–Kier alpha value is -2.20. The first kappa shape index (κ1) is 24.1. The molecule has 1 aliphatic rings. The van der Waals surface area contributed by atoms with Crippen LogP contribution in [-0.4, -0.2) is 61.3 Å². The second kappa shape index (κ2) is 11.8. The molecule has 1 heterocycles. The Morgan fingerprint density at radius 3 is 2.53 bits per heavy atom. The molecule has 1 unspecified atom stereocenters. The molecule has 9 heteroatoms. The van der Waals surface area contributed by atoms with Crippen LogP contribution in [0, 0.1) is 0 Å². The van der Waals surface area contributed by atoms with Gasteiger partial charge in [0, 0.05) is 13.1 Å². The summed E-state index contributed by atoms with van der Waals surface area (Å²) in [5.41, 5.74) is 5.83. The first-order valence-electron chi connectivity index (χ1n) is 10.3. The Labute approximate surface area is 178 Å². The van der Waals surface area contributed by atoms with Gasteiger partial charge in [-0.3, -0.25) is 19.4 Å². The van der Waals surface area contributed by atoms with Gasteiger partial charge in [0.05, 0.1) is 19.3 Å². The van der Waals surface area contributed by atoms with Crippen LogP contribution in [0.1, 0.15) is 39.2 Å². The van der Waals surface area contributed by atoms with Crippen molar-refractivity contribution in [2.75, 3.05) is 26.7 Å². The smallest absolute Gasteiger partial charge is 0.411 e. The molecule has 30 heavy (non-hydrogen) atoms. The summed E-state index contributed by atoms with van der Waals surface area (Å²) in [7, 11) is 1.80. The number of hydrogen-bond donors (Lipinski definition) is 3. The highest BCUT2D eigenvalue weighted by Crippen LogP contribution is 2.21. The second-order valence-corrected chi connectivity index (χ2v) is 8.23. The van der Waals surface area contributed by atoms with E-state index < -0.39 is 17.7 Å². The summed E-state index contributed by atoms with van der Waals surface area (Å²) in [5, 5.41) is 2.93. The van der Waals surface area contributed by atoms with Crippen molar-refractivity contribution in [2.24, 2.45) is 0 Å². The van der Waals surface area contributed by atoms with Gasteiger partial charge in [-0.1, -0.05) is 30.3 Å². The van der Waals surface area contributed by atoms with E-state index in [0.29, 0.717) is 32.6 Å². The largest absolute Gasteiger partial charge is 0.444 e. The number of ether oxygens (including phenoxy) is 1. The van der Waals surface area contributed by atoms with E-state index >= 15 is 0 Å². The molecule has 2 amide bonds. The maximum Gasteiger partial charge on any atom is 0.411 e. The molecule has 3 N–H and O–H groups in total. The van der Waals surface area contributed by atoms with Crippen molar-refractivity contribution in [3.05, 3.63) is 35.9 Å². The monoisotopic (exact) mass is 422 g/mol. The fourth-order valence-electron chi connectivity index (χ4n) is 3.02. The number of nitrogens with one attached hydrogen (secondary N) is 3. The van der Waals surface area contributed by atoms with Gasteiger partial charge in [0.25, 0.3) is 5.91 Å². The van der Waals surface area contributed by atoms with E-state index in [2.05, 4.69) is 16.3 Å². The third kappa shape index (κ3) is 8.27. The molecule has 168 valence electrons. The molecule has 0 spiro atoms. The third-order valence-corrected chi connectivity index (χ3v) is 4.47. The molecule has 2 atom stereocenters. The number of benzene rings is 1. The lowest BCUT2D eigenvalue weighted by molar-refractivity contribution is -0.141. The summed E-state index contributed by atoms with van der Waals surface area (Å²) < 4.78 is 5.51. The van der Waals surface area contributed by atoms with Gasteiger partial charge in [0.2, 0.25) is 0 Å². The quantitative estimate of drug-likeness (QED) is 0.412. The molecule has 1 aromatic carbocycles. The number of hydroxylamine groups is 2. The maximum atomic E-state index is 12.8. The molecule has 0 bridgehead atoms. The molecule has 0 saturated carbocycles. The van der Waals surface area contributed by atoms with Crippen LogP contribution in [0.25, 0.3) is 0 Å². The molecule has 9 nitrogen and oxygen atoms in total. The van der Waals surface area contributed by atoms with Crippen LogP contribution in [0.3, 0.4) is 0 Å². The Bertz CT molecular complexity index is 665. The van der Waals surface area contributed by atoms with Crippen LogP contribution >= 0.6 is 0 Å². The van der Waals surface area contributed by atoms with Gasteiger partial charge in [-0.15, -0.1) is 0 Å². The minimum atomic E-state index is -0.665. The van der Waals surface area contributed by atoms with E-state index in [0.717, 1.165) is 5.56 Å². The number of likely N-dealkylation sites (tertiary alicyclic amines) is 1. The topological polar surface area (TPSA) is 101 Å². The van der Waals surface area contributed by atoms with Crippen LogP contribution in [0.2, 0.25) is 0 Å². The molecule has 1 fully saturated rings. The van der Waals surface area contributed by atoms with E-state index in [9.17, 15) is 9.59 Å². The lowest BCUT2D eigenvalue weighted by Gasteiger charge is -2.39. The van der Waals surface area contributed by atoms with Gasteiger partial charge in [-0.05, 0) is 46.2 Å². The molecule has 1 saturated heterocycles. The zero-order chi connectivity index (χ0) is 22.0. The summed E-state index contributed by atoms with van der Waals surface area (Å²) in [4.78, 5) is 37.6. The van der Waals surface area contributed by atoms with Crippen molar-refractivity contribution in [2.45, 2.75) is 57.9 Å². The standard InChI is InChI=1S/C21H34N4O5/c1-21(2,3)30-20(27)25-14-17(23-29-15-16-8-6-5-7-9-16)10-11-18(25)19(26)24-28-13-12-22-4/h5-9,17-18,22-23H,10-15H2,1-4H3,(H,24,26)/t17-,18?/m1/s1. The number of hydrogen-bond acceptors (Lipinski definition) is 7. The average Bonchev–Trinajstić information content (AvgIpc) is 2.70. The molecule has 0 radical (unpaired) electrons. The lowest BCUT2D eigenvalue weighted by atomic mass is 9.98. The normalized spacial score (nSPS) is 19.4. The maximum absolute atomic E-state index is 12.8. The number of rotatable bonds is 9. The molecule has 0 aliphatic carbocycles. The summed E-state index contributed by atoms with van der Waals surface area (Å²) in [6, 6.07) is 9.02. The van der Waals surface area contributed by atoms with E-state index in [1.165, 1.54) is 4.90 Å². The summed E-state index contributed by atoms with van der Waals surface area (Å²) in [6.07, 6.45) is 0.600. The first-order chi connectivity index (χ1) is 14.3. The van der Waals surface area contributed by atoms with Crippen LogP contribution in [0.4, 0.5) is 4.79 Å². The third-order valence-electron chi connectivity index (χ3n) is 4.47. The Morgan fingerprint density at radius 2 is 1.87 bits per heavy atom. The Kier molecular flexibility index (Phi) is 9.51. The molecular formula is C21H34N4O5. The van der Waals surface area contributed by atoms with Crippen molar-refractivity contribution in [3.63, 3.8) is 0 Å². The van der Waals surface area contributed by atoms with E-state index in [1.54, 1.807) is 27.8 Å². The van der Waals surface area contributed by atoms with E-state index in [4.69, 9.17) is 14.4 Å². The predicted octanol–water partition coefficient (Wildman–Crippen LogP) is 1.74. The minimum Gasteiger partial charge on any atom is -0.444 e. The second-order valence-electron chi connectivity index (χ2n) is 8.23. The lowest BCUT2D eigenvalue weighted by Crippen LogP contribution is -2.58. The highest BCUT2D eigenvalue weighted by Gasteiger charge is 2.38. The Morgan fingerprint density at radius 1 is 1.13 bits per heavy atom. The van der Waals surface area contributed by atoms with Crippen LogP contribution < -0.4 is 16.3 Å². The Balaban J connectivity index is 1.94. The minimum absolute atomic E-state index is 0.115. The summed E-state index contributed by atoms with van der Waals surface area (Å²) in [5.74, 6) is -0.361. The van der Waals surface area contributed by atoms with Crippen molar-refractivity contribution in [1.82, 2.24) is 21.2 Å². The zero-order valence-corrected chi connectivity index (χ0v) is 18.3. The van der Waals surface area contributed by atoms with Gasteiger partial charge in [0.1, 0.15) is 11.6 Å². The number of likely N-dealkylation sites (N-methyl/N-ethyl adjacent to an activating group) is 1. The van der Waals surface area contributed by atoms with Crippen LogP contribution in [0.5, 0.6) is 0 Å². The summed E-state index contributed by atoms with van der Waals surface area (Å²) >= 11 is 0. The van der Waals surface area contributed by atoms with Gasteiger partial charge in [-0.25, -0.2) is 10.3 Å². The molecular weight excluding hydrogens is 388 g/mol. The molecule has 2 rings (SSSR count). The van der Waals surface area contributed by atoms with Crippen molar-refractivity contribution in [3.8, 4) is 0 Å². The van der Waals surface area contributed by atoms with Crippen molar-refractivity contribution < 1.29 is 24.0 Å². The van der Waals surface area contributed by atoms with E-state index in [-0.39, 0.29) is 18.5 Å². The number of nitrogens with zero attached hydrogens (tertiary/aromatic N) is 1. The number of amides is 2. The van der Waals surface area contributed by atoms with E-state index in [1.807, 2.05) is 30.3 Å². The predicted molar refractivity (Wildman–Crippen MR) is 112 cm³/mol. The van der Waals surface area contributed by atoms with Crippen molar-refractivity contribution >= 4 is 12.0 Å². The molecule has 1 aromatic rings. The van der Waals surface area contributed by atoms with Gasteiger partial charge >= 0.3 is 6.09 Å². The van der Waals surface area contributed by atoms with Crippen LogP contribution in [-0.2, 0) is 25.8 Å². The fraction of sp³-hybridized carbons (Fsp3) is 0.619. The van der Waals surface area contributed by atoms with Crippen molar-refractivity contribution in [1.29, 1.82) is 0 Å². The zero-order valence-electron chi connectivity index (χ0n) is 18.3. The number of piperidine rings is 1. The summed E-state index contributed by atoms with van der Waals surface area (Å²) in [6.45, 7) is 7.02. The van der Waals surface area contributed by atoms with Gasteiger partial charge in [0.15, 0.2) is 0 Å². The van der Waals surface area contributed by atoms with Gasteiger partial charge in [-0.2, -0.15) is 5.48 Å². The number of carbonyl (C=O) groups excluding carboxylic acids is 2. The highest BCUT2D eigenvalue weighted by atomic mass is 16.7. The van der Waals surface area contributed by atoms with Crippen LogP contribution in [0.15, 0.2) is 30.3 Å². The molecule has 1 aliphatic heterocycles. The fourth-order valence-corrected chi connectivity index (χ4v) is 3.02. The highest BCUT2D eigenvalue weighted by molar-refractivity contribution is 5.85. The number of carbonyl (C=O) groups is 2. The first-order valence-corrected chi connectivity index (χ1v) is 10.3. The average molecular weight is 423 g/mol. The SMILES string of the molecule is CNCCONC(=O)C1CC[C@@H](NOCc2ccccc2)CN1C(=O)OC(C)(C)C. The van der Waals surface area contributed by atoms with Gasteiger partial charge < -0.3 is 10.1 Å².